The minimum absolute atomic E-state index is 0.276. The van der Waals surface area contributed by atoms with Gasteiger partial charge >= 0.3 is 6.09 Å². The number of ether oxygens (including phenoxy) is 1. The number of fused-ring (bicyclic) bond motifs is 1. The van der Waals surface area contributed by atoms with Crippen molar-refractivity contribution in [3.8, 4) is 11.3 Å². The number of hydrogen-bond donors (Lipinski definition) is 0. The average molecular weight is 432 g/mol. The van der Waals surface area contributed by atoms with Crippen molar-refractivity contribution >= 4 is 17.6 Å². The van der Waals surface area contributed by atoms with Crippen LogP contribution < -0.4 is 4.90 Å². The van der Waals surface area contributed by atoms with E-state index in [1.165, 1.54) is 0 Å². The van der Waals surface area contributed by atoms with Crippen LogP contribution in [0.2, 0.25) is 0 Å². The Hall–Kier alpha value is -3.88. The predicted molar refractivity (Wildman–Crippen MR) is 120 cm³/mol. The quantitative estimate of drug-likeness (QED) is 0.494. The predicted octanol–water partition coefficient (Wildman–Crippen LogP) is 3.15. The van der Waals surface area contributed by atoms with E-state index in [4.69, 9.17) is 4.74 Å². The van der Waals surface area contributed by atoms with Crippen molar-refractivity contribution in [2.75, 3.05) is 31.1 Å². The van der Waals surface area contributed by atoms with E-state index in [0.717, 1.165) is 28.3 Å². The average Bonchev–Trinajstić information content (AvgIpc) is 3.45. The number of nitrogens with zero attached hydrogens (tertiary/aromatic N) is 7. The molecule has 32 heavy (non-hydrogen) atoms. The van der Waals surface area contributed by atoms with Crippen molar-refractivity contribution < 1.29 is 9.53 Å². The molecule has 3 aromatic heterocycles. The first-order valence-electron chi connectivity index (χ1n) is 10.7. The van der Waals surface area contributed by atoms with Crippen LogP contribution in [0.1, 0.15) is 18.6 Å². The van der Waals surface area contributed by atoms with Crippen LogP contribution in [0.5, 0.6) is 0 Å². The molecule has 0 saturated carbocycles. The molecule has 1 saturated heterocycles. The van der Waals surface area contributed by atoms with Gasteiger partial charge in [-0.05, 0) is 12.5 Å². The smallest absolute Gasteiger partial charge is 0.410 e. The van der Waals surface area contributed by atoms with Crippen LogP contribution in [0.25, 0.3) is 16.9 Å². The molecule has 0 radical (unpaired) electrons. The number of aromatic nitrogens is 5. The summed E-state index contributed by atoms with van der Waals surface area (Å²) in [6.45, 7) is 4.48. The second-order valence-electron chi connectivity index (χ2n) is 7.93. The number of rotatable bonds is 4. The molecule has 4 aromatic rings. The Balaban J connectivity index is 1.23. The van der Waals surface area contributed by atoms with Gasteiger partial charge in [-0.25, -0.2) is 14.8 Å². The van der Waals surface area contributed by atoms with E-state index in [1.807, 2.05) is 67.2 Å². The zero-order valence-corrected chi connectivity index (χ0v) is 18.1. The Bertz CT molecular complexity index is 1230. The number of carbonyl (C=O) groups is 1. The van der Waals surface area contributed by atoms with Crippen LogP contribution >= 0.6 is 0 Å². The summed E-state index contributed by atoms with van der Waals surface area (Å²) in [6, 6.07) is 11.7. The molecule has 1 unspecified atom stereocenters. The summed E-state index contributed by atoms with van der Waals surface area (Å²) in [7, 11) is 1.88. The fourth-order valence-corrected chi connectivity index (χ4v) is 3.95. The molecule has 164 valence electrons. The van der Waals surface area contributed by atoms with Gasteiger partial charge in [0.25, 0.3) is 0 Å². The van der Waals surface area contributed by atoms with Gasteiger partial charge in [0.1, 0.15) is 23.9 Å². The van der Waals surface area contributed by atoms with Crippen LogP contribution in [0.15, 0.2) is 61.3 Å². The highest BCUT2D eigenvalue weighted by Gasteiger charge is 2.25. The SMILES string of the molecule is CC(OC(=O)N1CCN(c2cnc3cc(-c4cnn(C)c4)ncn23)CC1)c1ccccc1. The number of benzene rings is 1. The first-order chi connectivity index (χ1) is 15.6. The Morgan fingerprint density at radius 3 is 2.56 bits per heavy atom. The lowest BCUT2D eigenvalue weighted by atomic mass is 10.1. The zero-order valence-electron chi connectivity index (χ0n) is 18.1. The topological polar surface area (TPSA) is 80.8 Å². The van der Waals surface area contributed by atoms with Crippen molar-refractivity contribution in [2.24, 2.45) is 7.05 Å². The minimum Gasteiger partial charge on any atom is -0.442 e. The van der Waals surface area contributed by atoms with Gasteiger partial charge in [0.05, 0.1) is 18.1 Å². The van der Waals surface area contributed by atoms with E-state index in [2.05, 4.69) is 20.0 Å². The van der Waals surface area contributed by atoms with Gasteiger partial charge < -0.3 is 14.5 Å². The molecule has 4 heterocycles. The Kier molecular flexibility index (Phi) is 5.22. The fraction of sp³-hybridized carbons (Fsp3) is 0.304. The third-order valence-corrected chi connectivity index (χ3v) is 5.79. The maximum absolute atomic E-state index is 12.6. The zero-order chi connectivity index (χ0) is 22.1. The molecule has 1 fully saturated rings. The van der Waals surface area contributed by atoms with Crippen molar-refractivity contribution in [1.29, 1.82) is 0 Å². The molecule has 5 rings (SSSR count). The van der Waals surface area contributed by atoms with Crippen molar-refractivity contribution in [3.05, 3.63) is 66.9 Å². The Morgan fingerprint density at radius 1 is 1.06 bits per heavy atom. The summed E-state index contributed by atoms with van der Waals surface area (Å²) in [6.07, 6.45) is 6.82. The molecule has 0 aliphatic carbocycles. The molecule has 1 atom stereocenters. The molecule has 1 aliphatic heterocycles. The standard InChI is InChI=1S/C23H25N7O2/c1-17(18-6-4-3-5-7-18)32-23(31)29-10-8-28(9-11-29)22-14-24-21-12-20(25-16-30(21)22)19-13-26-27(2)15-19/h3-7,12-17H,8-11H2,1-2H3. The van der Waals surface area contributed by atoms with Gasteiger partial charge in [-0.3, -0.25) is 9.08 Å². The molecule has 9 nitrogen and oxygen atoms in total. The van der Waals surface area contributed by atoms with Crippen LogP contribution in [-0.2, 0) is 11.8 Å². The summed E-state index contributed by atoms with van der Waals surface area (Å²) in [5, 5.41) is 4.21. The van der Waals surface area contributed by atoms with Crippen molar-refractivity contribution in [1.82, 2.24) is 29.0 Å². The van der Waals surface area contributed by atoms with Gasteiger partial charge in [-0.2, -0.15) is 5.10 Å². The van der Waals surface area contributed by atoms with Crippen molar-refractivity contribution in [2.45, 2.75) is 13.0 Å². The highest BCUT2D eigenvalue weighted by Crippen LogP contribution is 2.23. The molecule has 1 aliphatic rings. The molecule has 1 aromatic carbocycles. The van der Waals surface area contributed by atoms with Gasteiger partial charge in [0, 0.05) is 51.1 Å². The number of hydrogen-bond acceptors (Lipinski definition) is 6. The molecule has 0 spiro atoms. The Morgan fingerprint density at radius 2 is 1.84 bits per heavy atom. The molecular formula is C23H25N7O2. The van der Waals surface area contributed by atoms with E-state index in [9.17, 15) is 4.79 Å². The lowest BCUT2D eigenvalue weighted by Gasteiger charge is -2.35. The summed E-state index contributed by atoms with van der Waals surface area (Å²) in [5.74, 6) is 0.968. The maximum Gasteiger partial charge on any atom is 0.410 e. The summed E-state index contributed by atoms with van der Waals surface area (Å²) >= 11 is 0. The van der Waals surface area contributed by atoms with Crippen LogP contribution in [0.4, 0.5) is 10.6 Å². The van der Waals surface area contributed by atoms with Gasteiger partial charge in [-0.1, -0.05) is 30.3 Å². The fourth-order valence-electron chi connectivity index (χ4n) is 3.95. The molecule has 1 amide bonds. The molecule has 0 N–H and O–H groups in total. The molecule has 9 heteroatoms. The second kappa shape index (κ2) is 8.33. The van der Waals surface area contributed by atoms with E-state index >= 15 is 0 Å². The number of amides is 1. The highest BCUT2D eigenvalue weighted by atomic mass is 16.6. The lowest BCUT2D eigenvalue weighted by molar-refractivity contribution is 0.0680. The summed E-state index contributed by atoms with van der Waals surface area (Å²) in [4.78, 5) is 25.7. The first kappa shape index (κ1) is 20.0. The highest BCUT2D eigenvalue weighted by molar-refractivity contribution is 5.69. The molecule has 0 bridgehead atoms. The number of imidazole rings is 1. The first-order valence-corrected chi connectivity index (χ1v) is 10.7. The number of anilines is 1. The van der Waals surface area contributed by atoms with E-state index in [1.54, 1.807) is 22.1 Å². The largest absolute Gasteiger partial charge is 0.442 e. The van der Waals surface area contributed by atoms with E-state index in [0.29, 0.717) is 26.2 Å². The molecular weight excluding hydrogens is 406 g/mol. The van der Waals surface area contributed by atoms with Crippen LogP contribution in [0.3, 0.4) is 0 Å². The van der Waals surface area contributed by atoms with Crippen LogP contribution in [-0.4, -0.2) is 61.3 Å². The van der Waals surface area contributed by atoms with Gasteiger partial charge in [-0.15, -0.1) is 0 Å². The van der Waals surface area contributed by atoms with Crippen LogP contribution in [0, 0.1) is 0 Å². The minimum atomic E-state index is -0.277. The van der Waals surface area contributed by atoms with E-state index < -0.39 is 0 Å². The number of piperazine rings is 1. The summed E-state index contributed by atoms with van der Waals surface area (Å²) < 4.78 is 9.39. The van der Waals surface area contributed by atoms with Gasteiger partial charge in [0.15, 0.2) is 0 Å². The van der Waals surface area contributed by atoms with E-state index in [-0.39, 0.29) is 12.2 Å². The van der Waals surface area contributed by atoms with Gasteiger partial charge in [0.2, 0.25) is 0 Å². The normalized spacial score (nSPS) is 15.2. The second-order valence-corrected chi connectivity index (χ2v) is 7.93. The van der Waals surface area contributed by atoms with Crippen molar-refractivity contribution in [3.63, 3.8) is 0 Å². The summed E-state index contributed by atoms with van der Waals surface area (Å²) in [5.41, 5.74) is 3.61. The number of aryl methyl sites for hydroxylation is 1. The third kappa shape index (κ3) is 3.89. The number of carbonyl (C=O) groups excluding carboxylic acids is 1. The maximum atomic E-state index is 12.6. The monoisotopic (exact) mass is 431 g/mol. The third-order valence-electron chi connectivity index (χ3n) is 5.79. The lowest BCUT2D eigenvalue weighted by Crippen LogP contribution is -2.49. The Labute approximate surface area is 185 Å².